The number of carbonyl (C=O) groups is 1. The zero-order chi connectivity index (χ0) is 19.9. The molecule has 5 nitrogen and oxygen atoms in total. The van der Waals surface area contributed by atoms with Gasteiger partial charge < -0.3 is 14.2 Å². The van der Waals surface area contributed by atoms with Gasteiger partial charge in [0.1, 0.15) is 12.3 Å². The van der Waals surface area contributed by atoms with Gasteiger partial charge in [0, 0.05) is 6.42 Å². The first-order chi connectivity index (χ1) is 12.1. The van der Waals surface area contributed by atoms with E-state index in [2.05, 4.69) is 39.1 Å². The van der Waals surface area contributed by atoms with Gasteiger partial charge in [0.05, 0.1) is 12.9 Å². The summed E-state index contributed by atoms with van der Waals surface area (Å²) in [4.78, 5) is 11.6. The summed E-state index contributed by atoms with van der Waals surface area (Å²) in [5.41, 5.74) is -0.784. The summed E-state index contributed by atoms with van der Waals surface area (Å²) < 4.78 is 16.4. The van der Waals surface area contributed by atoms with Gasteiger partial charge in [0.25, 0.3) is 0 Å². The molecule has 1 aliphatic carbocycles. The van der Waals surface area contributed by atoms with E-state index in [4.69, 9.17) is 14.2 Å². The normalized spacial score (nSPS) is 20.2. The number of rotatable bonds is 11. The maximum Gasteiger partial charge on any atom is 0.325 e. The number of esters is 1. The molecule has 5 heteroatoms. The Morgan fingerprint density at radius 1 is 1.27 bits per heavy atom. The number of hydrogen-bond acceptors (Lipinski definition) is 5. The number of nitrogens with one attached hydrogen (secondary N) is 1. The minimum Gasteiger partial charge on any atom is -0.470 e. The molecule has 0 bridgehead atoms. The van der Waals surface area contributed by atoms with Crippen LogP contribution in [-0.4, -0.2) is 31.6 Å². The van der Waals surface area contributed by atoms with Crippen LogP contribution in [0.4, 0.5) is 0 Å². The van der Waals surface area contributed by atoms with Crippen LogP contribution in [0.1, 0.15) is 67.7 Å². The van der Waals surface area contributed by atoms with Crippen LogP contribution in [0.2, 0.25) is 0 Å². The van der Waals surface area contributed by atoms with Gasteiger partial charge in [-0.2, -0.15) is 0 Å². The van der Waals surface area contributed by atoms with Crippen LogP contribution in [0.15, 0.2) is 11.8 Å². The molecule has 0 radical (unpaired) electrons. The molecule has 152 valence electrons. The molecule has 1 aliphatic rings. The summed E-state index contributed by atoms with van der Waals surface area (Å²) in [6.45, 7) is 14.9. The van der Waals surface area contributed by atoms with Crippen LogP contribution in [0.3, 0.4) is 0 Å². The fourth-order valence-corrected chi connectivity index (χ4v) is 3.60. The molecule has 0 aliphatic heterocycles. The number of methoxy groups -OCH3 is 1. The van der Waals surface area contributed by atoms with Crippen molar-refractivity contribution in [3.8, 4) is 0 Å². The Hall–Kier alpha value is -1.07. The predicted molar refractivity (Wildman–Crippen MR) is 104 cm³/mol. The molecule has 0 fully saturated rings. The maximum absolute atomic E-state index is 11.6. The van der Waals surface area contributed by atoms with Gasteiger partial charge in [-0.05, 0) is 63.4 Å². The van der Waals surface area contributed by atoms with Gasteiger partial charge in [-0.3, -0.25) is 10.1 Å². The number of allylic oxidation sites excluding steroid dienone is 2. The smallest absolute Gasteiger partial charge is 0.325 e. The lowest BCUT2D eigenvalue weighted by Gasteiger charge is -2.29. The van der Waals surface area contributed by atoms with Gasteiger partial charge in [-0.1, -0.05) is 27.7 Å². The lowest BCUT2D eigenvalue weighted by molar-refractivity contribution is -0.151. The van der Waals surface area contributed by atoms with E-state index in [0.29, 0.717) is 11.8 Å². The van der Waals surface area contributed by atoms with Crippen molar-refractivity contribution in [1.82, 2.24) is 5.32 Å². The Labute approximate surface area is 159 Å². The van der Waals surface area contributed by atoms with E-state index >= 15 is 0 Å². The van der Waals surface area contributed by atoms with Crippen LogP contribution < -0.4 is 5.32 Å². The van der Waals surface area contributed by atoms with Crippen molar-refractivity contribution in [2.75, 3.05) is 13.8 Å². The molecular weight excluding hydrogens is 330 g/mol. The van der Waals surface area contributed by atoms with E-state index in [1.165, 1.54) is 13.5 Å². The Morgan fingerprint density at radius 2 is 1.92 bits per heavy atom. The quantitative estimate of drug-likeness (QED) is 0.430. The zero-order valence-electron chi connectivity index (χ0n) is 17.9. The summed E-state index contributed by atoms with van der Waals surface area (Å²) in [5.74, 6) is 3.51. The minimum atomic E-state index is -0.784. The van der Waals surface area contributed by atoms with Gasteiger partial charge in [-0.15, -0.1) is 0 Å². The standard InChI is InChI=1S/C21H39NO4/c1-14(2)11-19(15(3)4)17-9-10-18(12-17)26-16(5)25-13-22-21(6,7)20(23)24-8/h10,14-17,19,22H,9,11-13H2,1-8H3. The Kier molecular flexibility index (Phi) is 9.11. The summed E-state index contributed by atoms with van der Waals surface area (Å²) >= 11 is 0. The fourth-order valence-electron chi connectivity index (χ4n) is 3.60. The van der Waals surface area contributed by atoms with Crippen molar-refractivity contribution < 1.29 is 19.0 Å². The van der Waals surface area contributed by atoms with Crippen LogP contribution in [0, 0.1) is 23.7 Å². The van der Waals surface area contributed by atoms with Crippen molar-refractivity contribution in [1.29, 1.82) is 0 Å². The van der Waals surface area contributed by atoms with Crippen LogP contribution >= 0.6 is 0 Å². The SMILES string of the molecule is COC(=O)C(C)(C)NCOC(C)OC1=CCC(C(CC(C)C)C(C)C)C1. The monoisotopic (exact) mass is 369 g/mol. The van der Waals surface area contributed by atoms with Crippen molar-refractivity contribution >= 4 is 5.97 Å². The molecule has 0 aromatic rings. The third-order valence-corrected chi connectivity index (χ3v) is 5.16. The van der Waals surface area contributed by atoms with E-state index in [-0.39, 0.29) is 19.0 Å². The highest BCUT2D eigenvalue weighted by Gasteiger charge is 2.30. The molecule has 0 spiro atoms. The third-order valence-electron chi connectivity index (χ3n) is 5.16. The summed E-state index contributed by atoms with van der Waals surface area (Å²) in [6.07, 6.45) is 5.20. The first-order valence-corrected chi connectivity index (χ1v) is 9.87. The molecule has 26 heavy (non-hydrogen) atoms. The van der Waals surface area contributed by atoms with E-state index in [9.17, 15) is 4.79 Å². The first kappa shape index (κ1) is 23.0. The molecule has 1 N–H and O–H groups in total. The van der Waals surface area contributed by atoms with Crippen molar-refractivity contribution in [3.63, 3.8) is 0 Å². The first-order valence-electron chi connectivity index (χ1n) is 9.87. The van der Waals surface area contributed by atoms with Crippen LogP contribution in [0.25, 0.3) is 0 Å². The van der Waals surface area contributed by atoms with Crippen LogP contribution in [-0.2, 0) is 19.0 Å². The average Bonchev–Trinajstić information content (AvgIpc) is 2.99. The minimum absolute atomic E-state index is 0.224. The van der Waals surface area contributed by atoms with Gasteiger partial charge in [0.2, 0.25) is 0 Å². The van der Waals surface area contributed by atoms with Crippen LogP contribution in [0.5, 0.6) is 0 Å². The fraction of sp³-hybridized carbons (Fsp3) is 0.857. The maximum atomic E-state index is 11.6. The van der Waals surface area contributed by atoms with E-state index in [1.54, 1.807) is 13.8 Å². The summed E-state index contributed by atoms with van der Waals surface area (Å²) in [5, 5.41) is 3.03. The topological polar surface area (TPSA) is 56.8 Å². The Balaban J connectivity index is 2.40. The second-order valence-electron chi connectivity index (χ2n) is 8.70. The molecular formula is C21H39NO4. The highest BCUT2D eigenvalue weighted by molar-refractivity contribution is 5.79. The van der Waals surface area contributed by atoms with E-state index < -0.39 is 5.54 Å². The Bertz CT molecular complexity index is 471. The zero-order valence-corrected chi connectivity index (χ0v) is 17.9. The average molecular weight is 370 g/mol. The van der Waals surface area contributed by atoms with Gasteiger partial charge in [-0.25, -0.2) is 0 Å². The Morgan fingerprint density at radius 3 is 2.46 bits per heavy atom. The number of ether oxygens (including phenoxy) is 3. The molecule has 0 aromatic carbocycles. The molecule has 0 amide bonds. The lowest BCUT2D eigenvalue weighted by atomic mass is 9.77. The molecule has 0 heterocycles. The van der Waals surface area contributed by atoms with E-state index in [0.717, 1.165) is 30.4 Å². The molecule has 3 atom stereocenters. The van der Waals surface area contributed by atoms with Gasteiger partial charge >= 0.3 is 5.97 Å². The largest absolute Gasteiger partial charge is 0.470 e. The third kappa shape index (κ3) is 7.28. The summed E-state index contributed by atoms with van der Waals surface area (Å²) in [7, 11) is 1.38. The highest BCUT2D eigenvalue weighted by atomic mass is 16.7. The highest BCUT2D eigenvalue weighted by Crippen LogP contribution is 2.39. The molecule has 0 saturated heterocycles. The molecule has 0 aromatic heterocycles. The van der Waals surface area contributed by atoms with Crippen molar-refractivity contribution in [2.24, 2.45) is 23.7 Å². The summed E-state index contributed by atoms with van der Waals surface area (Å²) in [6, 6.07) is 0. The predicted octanol–water partition coefficient (Wildman–Crippen LogP) is 4.48. The lowest BCUT2D eigenvalue weighted by Crippen LogP contribution is -2.48. The molecule has 1 rings (SSSR count). The second-order valence-corrected chi connectivity index (χ2v) is 8.70. The number of carbonyl (C=O) groups excluding carboxylic acids is 1. The second kappa shape index (κ2) is 10.3. The van der Waals surface area contributed by atoms with Crippen molar-refractivity contribution in [2.45, 2.75) is 79.6 Å². The van der Waals surface area contributed by atoms with E-state index in [1.807, 2.05) is 6.92 Å². The van der Waals surface area contributed by atoms with Crippen molar-refractivity contribution in [3.05, 3.63) is 11.8 Å². The van der Waals surface area contributed by atoms with Gasteiger partial charge in [0.15, 0.2) is 6.29 Å². The molecule has 3 unspecified atom stereocenters. The number of hydrogen-bond donors (Lipinski definition) is 1. The molecule has 0 saturated carbocycles.